The molecule has 5 nitrogen and oxygen atoms in total. The van der Waals surface area contributed by atoms with Crippen LogP contribution >= 0.6 is 10.8 Å². The molecular weight excluding hydrogens is 214 g/mol. The van der Waals surface area contributed by atoms with Gasteiger partial charge in [0.1, 0.15) is 6.61 Å². The predicted molar refractivity (Wildman–Crippen MR) is 53.3 cm³/mol. The molecule has 13 heavy (non-hydrogen) atoms. The SMILES string of the molecule is CCO/N=C(\C)C(C)SS(=O)(=O)O. The molecule has 78 valence electrons. The number of hydrogen-bond donors (Lipinski definition) is 1. The molecule has 0 rings (SSSR count). The summed E-state index contributed by atoms with van der Waals surface area (Å²) in [6.07, 6.45) is 0. The van der Waals surface area contributed by atoms with E-state index in [2.05, 4.69) is 5.16 Å². The monoisotopic (exact) mass is 227 g/mol. The van der Waals surface area contributed by atoms with E-state index < -0.39 is 14.4 Å². The molecule has 0 aromatic rings. The molecule has 0 aromatic heterocycles. The number of nitrogens with zero attached hydrogens (tertiary/aromatic N) is 1. The normalized spacial score (nSPS) is 15.5. The first-order valence-electron chi connectivity index (χ1n) is 3.69. The van der Waals surface area contributed by atoms with Gasteiger partial charge in [-0.2, -0.15) is 8.42 Å². The van der Waals surface area contributed by atoms with Gasteiger partial charge in [-0.3, -0.25) is 4.55 Å². The van der Waals surface area contributed by atoms with Crippen molar-refractivity contribution in [3.05, 3.63) is 0 Å². The third-order valence-corrected chi connectivity index (χ3v) is 3.66. The molecule has 0 bridgehead atoms. The predicted octanol–water partition coefficient (Wildman–Crippen LogP) is 1.32. The van der Waals surface area contributed by atoms with Crippen molar-refractivity contribution < 1.29 is 17.8 Å². The van der Waals surface area contributed by atoms with Crippen molar-refractivity contribution in [3.8, 4) is 0 Å². The minimum absolute atomic E-state index is 0.415. The molecule has 1 N–H and O–H groups in total. The summed E-state index contributed by atoms with van der Waals surface area (Å²) in [5, 5.41) is 3.23. The van der Waals surface area contributed by atoms with Crippen molar-refractivity contribution in [1.29, 1.82) is 0 Å². The van der Waals surface area contributed by atoms with E-state index in [1.165, 1.54) is 0 Å². The Kier molecular flexibility index (Phi) is 5.34. The summed E-state index contributed by atoms with van der Waals surface area (Å²) in [5.41, 5.74) is 0.518. The van der Waals surface area contributed by atoms with Gasteiger partial charge in [0.15, 0.2) is 0 Å². The lowest BCUT2D eigenvalue weighted by Crippen LogP contribution is -2.12. The molecular formula is C6H13NO4S2. The molecule has 1 unspecified atom stereocenters. The maximum absolute atomic E-state index is 10.4. The van der Waals surface area contributed by atoms with Crippen molar-refractivity contribution in [1.82, 2.24) is 0 Å². The summed E-state index contributed by atoms with van der Waals surface area (Å²) in [6, 6.07) is 0. The van der Waals surface area contributed by atoms with Crippen molar-refractivity contribution in [2.75, 3.05) is 6.61 Å². The number of rotatable bonds is 5. The highest BCUT2D eigenvalue weighted by Gasteiger charge is 2.16. The van der Waals surface area contributed by atoms with E-state index in [-0.39, 0.29) is 0 Å². The zero-order valence-corrected chi connectivity index (χ0v) is 9.35. The van der Waals surface area contributed by atoms with Crippen LogP contribution in [0.3, 0.4) is 0 Å². The molecule has 0 heterocycles. The third kappa shape index (κ3) is 6.85. The summed E-state index contributed by atoms with van der Waals surface area (Å²) in [5.74, 6) is 0. The fraction of sp³-hybridized carbons (Fsp3) is 0.833. The fourth-order valence-electron chi connectivity index (χ4n) is 0.493. The highest BCUT2D eigenvalue weighted by molar-refractivity contribution is 8.70. The second-order valence-electron chi connectivity index (χ2n) is 2.32. The van der Waals surface area contributed by atoms with E-state index in [1.807, 2.05) is 0 Å². The first kappa shape index (κ1) is 12.7. The first-order valence-corrected chi connectivity index (χ1v) is 6.52. The van der Waals surface area contributed by atoms with Crippen LogP contribution in [0.15, 0.2) is 5.16 Å². The van der Waals surface area contributed by atoms with Crippen molar-refractivity contribution in [2.45, 2.75) is 26.0 Å². The van der Waals surface area contributed by atoms with Gasteiger partial charge < -0.3 is 4.84 Å². The van der Waals surface area contributed by atoms with Gasteiger partial charge in [-0.05, 0) is 20.8 Å². The molecule has 0 aliphatic heterocycles. The lowest BCUT2D eigenvalue weighted by molar-refractivity contribution is 0.158. The molecule has 0 aliphatic rings. The molecule has 1 atom stereocenters. The topological polar surface area (TPSA) is 76.0 Å². The van der Waals surface area contributed by atoms with E-state index in [0.717, 1.165) is 0 Å². The van der Waals surface area contributed by atoms with E-state index in [9.17, 15) is 8.42 Å². The first-order chi connectivity index (χ1) is 5.87. The second-order valence-corrected chi connectivity index (χ2v) is 5.91. The van der Waals surface area contributed by atoms with Gasteiger partial charge >= 0.3 is 9.15 Å². The van der Waals surface area contributed by atoms with Crippen LogP contribution in [0.1, 0.15) is 20.8 Å². The summed E-state index contributed by atoms with van der Waals surface area (Å²) in [4.78, 5) is 4.73. The Bertz CT molecular complexity index is 272. The molecule has 0 saturated carbocycles. The van der Waals surface area contributed by atoms with Crippen LogP contribution in [0.5, 0.6) is 0 Å². The Balaban J connectivity index is 4.19. The van der Waals surface area contributed by atoms with Crippen molar-refractivity contribution in [2.24, 2.45) is 5.16 Å². The molecule has 0 aliphatic carbocycles. The van der Waals surface area contributed by atoms with Gasteiger partial charge in [-0.1, -0.05) is 5.16 Å². The Labute approximate surface area is 81.7 Å². The van der Waals surface area contributed by atoms with Gasteiger partial charge in [0.2, 0.25) is 0 Å². The highest BCUT2D eigenvalue weighted by atomic mass is 33.1. The molecule has 0 aromatic carbocycles. The van der Waals surface area contributed by atoms with E-state index in [1.54, 1.807) is 20.8 Å². The zero-order chi connectivity index (χ0) is 10.5. The maximum atomic E-state index is 10.4. The van der Waals surface area contributed by atoms with Crippen LogP contribution in [0.4, 0.5) is 0 Å². The second kappa shape index (κ2) is 5.46. The van der Waals surface area contributed by atoms with E-state index in [0.29, 0.717) is 23.1 Å². The van der Waals surface area contributed by atoms with Crippen LogP contribution in [0.25, 0.3) is 0 Å². The number of hydrogen-bond acceptors (Lipinski definition) is 5. The summed E-state index contributed by atoms with van der Waals surface area (Å²) in [7, 11) is -3.58. The van der Waals surface area contributed by atoms with Gasteiger partial charge in [0.25, 0.3) is 0 Å². The van der Waals surface area contributed by atoms with Crippen LogP contribution in [-0.4, -0.2) is 30.5 Å². The quantitative estimate of drug-likeness (QED) is 0.332. The molecule has 0 fully saturated rings. The van der Waals surface area contributed by atoms with Crippen LogP contribution in [0.2, 0.25) is 0 Å². The van der Waals surface area contributed by atoms with Gasteiger partial charge in [-0.15, -0.1) is 0 Å². The number of oxime groups is 1. The van der Waals surface area contributed by atoms with Crippen molar-refractivity contribution in [3.63, 3.8) is 0 Å². The molecule has 0 spiro atoms. The molecule has 7 heteroatoms. The van der Waals surface area contributed by atoms with E-state index in [4.69, 9.17) is 9.39 Å². The minimum atomic E-state index is -4.01. The highest BCUT2D eigenvalue weighted by Crippen LogP contribution is 2.18. The molecule has 0 radical (unpaired) electrons. The van der Waals surface area contributed by atoms with Crippen LogP contribution in [0, 0.1) is 0 Å². The summed E-state index contributed by atoms with van der Waals surface area (Å²) >= 11 is 0. The van der Waals surface area contributed by atoms with Gasteiger partial charge in [0.05, 0.1) is 11.0 Å². The Morgan fingerprint density at radius 2 is 2.23 bits per heavy atom. The summed E-state index contributed by atoms with van der Waals surface area (Å²) < 4.78 is 29.4. The van der Waals surface area contributed by atoms with Gasteiger partial charge in [-0.25, -0.2) is 0 Å². The van der Waals surface area contributed by atoms with E-state index >= 15 is 0 Å². The Hall–Kier alpha value is -0.270. The molecule has 0 saturated heterocycles. The third-order valence-electron chi connectivity index (χ3n) is 1.19. The lowest BCUT2D eigenvalue weighted by atomic mass is 10.3. The minimum Gasteiger partial charge on any atom is -0.396 e. The Morgan fingerprint density at radius 1 is 1.69 bits per heavy atom. The summed E-state index contributed by atoms with van der Waals surface area (Å²) in [6.45, 7) is 5.47. The maximum Gasteiger partial charge on any atom is 0.320 e. The van der Waals surface area contributed by atoms with Crippen molar-refractivity contribution >= 4 is 25.7 Å². The lowest BCUT2D eigenvalue weighted by Gasteiger charge is -2.06. The standard InChI is InChI=1S/C6H13NO4S2/c1-4-11-7-5(2)6(3)12-13(8,9)10/h6H,4H2,1-3H3,(H,8,9,10)/b7-5+. The average Bonchev–Trinajstić information content (AvgIpc) is 1.96. The Morgan fingerprint density at radius 3 is 2.62 bits per heavy atom. The molecule has 0 amide bonds. The van der Waals surface area contributed by atoms with Gasteiger partial charge in [0, 0.05) is 10.8 Å². The average molecular weight is 227 g/mol. The smallest absolute Gasteiger partial charge is 0.320 e. The largest absolute Gasteiger partial charge is 0.396 e. The zero-order valence-electron chi connectivity index (χ0n) is 7.72. The fourth-order valence-corrected chi connectivity index (χ4v) is 2.55. The van der Waals surface area contributed by atoms with Crippen LogP contribution in [-0.2, 0) is 14.0 Å². The van der Waals surface area contributed by atoms with Crippen LogP contribution < -0.4 is 0 Å².